The lowest BCUT2D eigenvalue weighted by Gasteiger charge is -2.07. The number of rotatable bonds is 4. The molecular weight excluding hydrogens is 296 g/mol. The zero-order valence-corrected chi connectivity index (χ0v) is 11.5. The molecular formula is C14H11ClN2O4. The third-order valence-electron chi connectivity index (χ3n) is 2.75. The van der Waals surface area contributed by atoms with Gasteiger partial charge in [-0.3, -0.25) is 10.1 Å². The molecule has 21 heavy (non-hydrogen) atoms. The first-order valence-corrected chi connectivity index (χ1v) is 6.30. The van der Waals surface area contributed by atoms with Crippen molar-refractivity contribution in [3.05, 3.63) is 68.7 Å². The highest BCUT2D eigenvalue weighted by Crippen LogP contribution is 2.19. The van der Waals surface area contributed by atoms with Crippen LogP contribution < -0.4 is 5.73 Å². The van der Waals surface area contributed by atoms with Crippen molar-refractivity contribution in [1.29, 1.82) is 0 Å². The zero-order chi connectivity index (χ0) is 15.4. The number of hydrogen-bond donors (Lipinski definition) is 1. The summed E-state index contributed by atoms with van der Waals surface area (Å²) < 4.78 is 5.10. The van der Waals surface area contributed by atoms with Crippen LogP contribution in [-0.4, -0.2) is 10.9 Å². The van der Waals surface area contributed by atoms with Gasteiger partial charge in [-0.1, -0.05) is 11.6 Å². The van der Waals surface area contributed by atoms with E-state index in [1.807, 2.05) is 0 Å². The predicted molar refractivity (Wildman–Crippen MR) is 78.1 cm³/mol. The molecule has 2 aromatic carbocycles. The van der Waals surface area contributed by atoms with Crippen LogP contribution >= 0.6 is 11.6 Å². The topological polar surface area (TPSA) is 95.5 Å². The molecule has 0 saturated heterocycles. The van der Waals surface area contributed by atoms with E-state index in [2.05, 4.69) is 0 Å². The van der Waals surface area contributed by atoms with Gasteiger partial charge >= 0.3 is 5.97 Å². The van der Waals surface area contributed by atoms with Crippen molar-refractivity contribution in [3.8, 4) is 0 Å². The van der Waals surface area contributed by atoms with Crippen LogP contribution in [0.4, 0.5) is 11.4 Å². The van der Waals surface area contributed by atoms with E-state index in [1.54, 1.807) is 6.07 Å². The molecule has 0 heterocycles. The van der Waals surface area contributed by atoms with Gasteiger partial charge in [0.1, 0.15) is 6.61 Å². The Morgan fingerprint density at radius 2 is 1.90 bits per heavy atom. The largest absolute Gasteiger partial charge is 0.457 e. The van der Waals surface area contributed by atoms with Crippen molar-refractivity contribution < 1.29 is 14.5 Å². The van der Waals surface area contributed by atoms with E-state index in [-0.39, 0.29) is 23.5 Å². The van der Waals surface area contributed by atoms with Gasteiger partial charge in [-0.25, -0.2) is 4.79 Å². The number of nitro groups is 1. The minimum absolute atomic E-state index is 0.00110. The lowest BCUT2D eigenvalue weighted by atomic mass is 10.2. The minimum atomic E-state index is -0.581. The summed E-state index contributed by atoms with van der Waals surface area (Å²) in [6, 6.07) is 10.2. The normalized spacial score (nSPS) is 10.1. The van der Waals surface area contributed by atoms with E-state index in [4.69, 9.17) is 22.1 Å². The highest BCUT2D eigenvalue weighted by atomic mass is 35.5. The van der Waals surface area contributed by atoms with Crippen LogP contribution in [0.5, 0.6) is 0 Å². The number of carbonyl (C=O) groups excluding carboxylic acids is 1. The third kappa shape index (κ3) is 3.70. The second-order valence-corrected chi connectivity index (χ2v) is 4.67. The van der Waals surface area contributed by atoms with Crippen LogP contribution in [0.1, 0.15) is 15.9 Å². The van der Waals surface area contributed by atoms with Crippen molar-refractivity contribution in [2.24, 2.45) is 0 Å². The second-order valence-electron chi connectivity index (χ2n) is 4.23. The second kappa shape index (κ2) is 6.23. The van der Waals surface area contributed by atoms with Gasteiger partial charge in [0.2, 0.25) is 0 Å². The Hall–Kier alpha value is -2.60. The number of anilines is 1. The van der Waals surface area contributed by atoms with E-state index in [1.165, 1.54) is 36.4 Å². The molecule has 0 atom stereocenters. The summed E-state index contributed by atoms with van der Waals surface area (Å²) in [5, 5.41) is 11.0. The van der Waals surface area contributed by atoms with E-state index < -0.39 is 10.9 Å². The number of halogens is 1. The number of non-ortho nitro benzene ring substituents is 1. The van der Waals surface area contributed by atoms with E-state index in [0.717, 1.165) is 0 Å². The van der Waals surface area contributed by atoms with Crippen LogP contribution in [-0.2, 0) is 11.3 Å². The molecule has 0 amide bonds. The Balaban J connectivity index is 2.02. The lowest BCUT2D eigenvalue weighted by Crippen LogP contribution is -2.08. The van der Waals surface area contributed by atoms with Gasteiger partial charge in [0, 0.05) is 22.8 Å². The first-order chi connectivity index (χ1) is 9.97. The minimum Gasteiger partial charge on any atom is -0.457 e. The van der Waals surface area contributed by atoms with Gasteiger partial charge in [0.15, 0.2) is 0 Å². The number of nitrogen functional groups attached to an aromatic ring is 1. The first-order valence-electron chi connectivity index (χ1n) is 5.93. The zero-order valence-electron chi connectivity index (χ0n) is 10.8. The molecule has 108 valence electrons. The van der Waals surface area contributed by atoms with Gasteiger partial charge in [0.25, 0.3) is 5.69 Å². The average Bonchev–Trinajstić information content (AvgIpc) is 2.45. The molecule has 6 nitrogen and oxygen atoms in total. The number of esters is 1. The van der Waals surface area contributed by atoms with Crippen LogP contribution in [0, 0.1) is 10.1 Å². The fraction of sp³-hybridized carbons (Fsp3) is 0.0714. The maximum atomic E-state index is 11.9. The third-order valence-corrected chi connectivity index (χ3v) is 2.99. The first kappa shape index (κ1) is 14.8. The highest BCUT2D eigenvalue weighted by molar-refractivity contribution is 6.31. The van der Waals surface area contributed by atoms with E-state index >= 15 is 0 Å². The highest BCUT2D eigenvalue weighted by Gasteiger charge is 2.12. The van der Waals surface area contributed by atoms with Crippen molar-refractivity contribution in [2.75, 3.05) is 5.73 Å². The van der Waals surface area contributed by atoms with Crippen LogP contribution in [0.3, 0.4) is 0 Å². The van der Waals surface area contributed by atoms with Crippen molar-refractivity contribution >= 4 is 28.9 Å². The standard InChI is InChI=1S/C14H11ClN2O4/c15-10-3-6-12(13(16)7-10)14(18)21-8-9-1-4-11(5-2-9)17(19)20/h1-7H,8,16H2. The van der Waals surface area contributed by atoms with E-state index in [0.29, 0.717) is 10.6 Å². The fourth-order valence-electron chi connectivity index (χ4n) is 1.66. The van der Waals surface area contributed by atoms with Crippen LogP contribution in [0.2, 0.25) is 5.02 Å². The predicted octanol–water partition coefficient (Wildman–Crippen LogP) is 3.19. The fourth-order valence-corrected chi connectivity index (χ4v) is 1.84. The molecule has 2 rings (SSSR count). The number of nitro benzene ring substituents is 1. The van der Waals surface area contributed by atoms with Crippen LogP contribution in [0.15, 0.2) is 42.5 Å². The molecule has 0 spiro atoms. The smallest absolute Gasteiger partial charge is 0.340 e. The number of benzene rings is 2. The van der Waals surface area contributed by atoms with Crippen LogP contribution in [0.25, 0.3) is 0 Å². The Bertz CT molecular complexity index is 686. The van der Waals surface area contributed by atoms with Crippen molar-refractivity contribution in [3.63, 3.8) is 0 Å². The Morgan fingerprint density at radius 1 is 1.24 bits per heavy atom. The lowest BCUT2D eigenvalue weighted by molar-refractivity contribution is -0.384. The van der Waals surface area contributed by atoms with Gasteiger partial charge in [-0.2, -0.15) is 0 Å². The summed E-state index contributed by atoms with van der Waals surface area (Å²) in [5.74, 6) is -0.581. The van der Waals surface area contributed by atoms with Gasteiger partial charge in [-0.15, -0.1) is 0 Å². The summed E-state index contributed by atoms with van der Waals surface area (Å²) in [6.07, 6.45) is 0. The van der Waals surface area contributed by atoms with Crippen molar-refractivity contribution in [1.82, 2.24) is 0 Å². The maximum Gasteiger partial charge on any atom is 0.340 e. The number of carbonyl (C=O) groups is 1. The molecule has 0 saturated carbocycles. The molecule has 0 radical (unpaired) electrons. The summed E-state index contributed by atoms with van der Waals surface area (Å²) >= 11 is 5.75. The summed E-state index contributed by atoms with van der Waals surface area (Å²) in [6.45, 7) is -0.00110. The Kier molecular flexibility index (Phi) is 4.39. The molecule has 0 bridgehead atoms. The monoisotopic (exact) mass is 306 g/mol. The molecule has 0 aliphatic heterocycles. The van der Waals surface area contributed by atoms with E-state index in [9.17, 15) is 14.9 Å². The molecule has 0 aromatic heterocycles. The van der Waals surface area contributed by atoms with Gasteiger partial charge in [0.05, 0.1) is 10.5 Å². The van der Waals surface area contributed by atoms with Gasteiger partial charge < -0.3 is 10.5 Å². The Morgan fingerprint density at radius 3 is 2.48 bits per heavy atom. The maximum absolute atomic E-state index is 11.9. The summed E-state index contributed by atoms with van der Waals surface area (Å²) in [5.41, 5.74) is 6.76. The number of nitrogens with two attached hydrogens (primary N) is 1. The molecule has 2 N–H and O–H groups in total. The summed E-state index contributed by atoms with van der Waals surface area (Å²) in [7, 11) is 0. The molecule has 0 unspecified atom stereocenters. The number of ether oxygens (including phenoxy) is 1. The van der Waals surface area contributed by atoms with Gasteiger partial charge in [-0.05, 0) is 35.9 Å². The number of nitrogens with zero attached hydrogens (tertiary/aromatic N) is 1. The summed E-state index contributed by atoms with van der Waals surface area (Å²) in [4.78, 5) is 21.9. The molecule has 0 aliphatic carbocycles. The molecule has 7 heteroatoms. The Labute approximate surface area is 125 Å². The number of hydrogen-bond acceptors (Lipinski definition) is 5. The SMILES string of the molecule is Nc1cc(Cl)ccc1C(=O)OCc1ccc([N+](=O)[O-])cc1. The molecule has 2 aromatic rings. The molecule has 0 aliphatic rings. The quantitative estimate of drug-likeness (QED) is 0.405. The molecule has 0 fully saturated rings. The average molecular weight is 307 g/mol. The van der Waals surface area contributed by atoms with Crippen molar-refractivity contribution in [2.45, 2.75) is 6.61 Å².